The van der Waals surface area contributed by atoms with Crippen LogP contribution >= 0.6 is 0 Å². The van der Waals surface area contributed by atoms with E-state index in [-0.39, 0.29) is 0 Å². The van der Waals surface area contributed by atoms with Gasteiger partial charge in [0.15, 0.2) is 0 Å². The van der Waals surface area contributed by atoms with Crippen LogP contribution < -0.4 is 0 Å². The molecule has 0 heterocycles. The van der Waals surface area contributed by atoms with Gasteiger partial charge in [0.2, 0.25) is 0 Å². The first-order valence-corrected chi connectivity index (χ1v) is 12.0. The molecule has 1 aliphatic carbocycles. The van der Waals surface area contributed by atoms with Gasteiger partial charge in [0.1, 0.15) is 0 Å². The molecule has 0 amide bonds. The average molecular weight is 318 g/mol. The summed E-state index contributed by atoms with van der Waals surface area (Å²) < 4.78 is 33.4. The van der Waals surface area contributed by atoms with Crippen molar-refractivity contribution in [2.24, 2.45) is 5.92 Å². The normalized spacial score (nSPS) is 16.1. The van der Waals surface area contributed by atoms with Crippen LogP contribution in [-0.4, -0.2) is 37.0 Å². The average Bonchev–Trinajstić information content (AvgIpc) is 2.69. The minimum absolute atomic E-state index is 0.625. The summed E-state index contributed by atoms with van der Waals surface area (Å²) in [4.78, 5) is 13.9. The molecule has 1 rings (SSSR count). The monoisotopic (exact) mass is 319 g/mol. The Morgan fingerprint density at radius 3 is 1.86 bits per heavy atom. The van der Waals surface area contributed by atoms with E-state index in [2.05, 4.69) is 9.88 Å². The molecule has 1 saturated carbocycles. The summed E-state index contributed by atoms with van der Waals surface area (Å²) in [7, 11) is 0. The topological polar surface area (TPSA) is 37.3 Å². The van der Waals surface area contributed by atoms with Gasteiger partial charge >= 0.3 is 65.0 Å². The molecule has 0 aliphatic heterocycles. The fraction of sp³-hybridized carbons (Fsp3) is 0.875. The van der Waals surface area contributed by atoms with Gasteiger partial charge in [0, 0.05) is 0 Å². The quantitative estimate of drug-likeness (QED) is 0.795. The summed E-state index contributed by atoms with van der Waals surface area (Å²) in [6, 6.07) is 0. The maximum atomic E-state index is 10.6. The molecule has 2 nitrogen and oxygen atoms in total. The summed E-state index contributed by atoms with van der Waals surface area (Å²) in [5.41, 5.74) is 0. The van der Waals surface area contributed by atoms with Crippen molar-refractivity contribution in [1.82, 2.24) is 0 Å². The second kappa shape index (κ2) is 5.82. The number of carboxylic acids is 1. The fourth-order valence-corrected chi connectivity index (χ4v) is 5.36. The number of rotatable bonds is 2. The maximum absolute atomic E-state index is 10.6. The van der Waals surface area contributed by atoms with Gasteiger partial charge in [-0.15, -0.1) is 0 Å². The van der Waals surface area contributed by atoms with Gasteiger partial charge in [0.05, 0.1) is 0 Å². The van der Waals surface area contributed by atoms with Gasteiger partial charge in [-0.25, -0.2) is 4.79 Å². The molecule has 0 saturated heterocycles. The number of hydrogen-bond acceptors (Lipinski definition) is 1. The Bertz CT molecular complexity index is 188. The molecule has 14 heavy (non-hydrogen) atoms. The third-order valence-electron chi connectivity index (χ3n) is 1.64. The number of halogens is 3. The van der Waals surface area contributed by atoms with Crippen molar-refractivity contribution in [2.75, 3.05) is 0 Å². The molecule has 0 atom stereocenters. The number of carboxylic acid groups (broad SMARTS) is 1. The van der Waals surface area contributed by atoms with Crippen LogP contribution in [0.5, 0.6) is 0 Å². The summed E-state index contributed by atoms with van der Waals surface area (Å²) in [5.74, 6) is -1.54. The summed E-state index contributed by atoms with van der Waals surface area (Å²) in [6.45, 7) is 0. The predicted molar refractivity (Wildman–Crippen MR) is 48.7 cm³/mol. The minimum atomic E-state index is -5.08. The molecule has 0 aromatic heterocycles. The Balaban J connectivity index is 0.000000241. The number of carbonyl (C=O) groups is 1. The van der Waals surface area contributed by atoms with Gasteiger partial charge in [0.25, 0.3) is 0 Å². The third-order valence-corrected chi connectivity index (χ3v) is 5.61. The zero-order valence-corrected chi connectivity index (χ0v) is 11.0. The van der Waals surface area contributed by atoms with Crippen molar-refractivity contribution in [3.63, 3.8) is 0 Å². The van der Waals surface area contributed by atoms with E-state index in [0.29, 0.717) is 0 Å². The molecule has 0 aromatic rings. The van der Waals surface area contributed by atoms with Crippen LogP contribution in [-0.2, 0) is 4.79 Å². The van der Waals surface area contributed by atoms with E-state index in [4.69, 9.17) is 9.90 Å². The van der Waals surface area contributed by atoms with Gasteiger partial charge in [-0.2, -0.15) is 13.2 Å². The molecule has 1 radical (unpaired) electrons. The Kier molecular flexibility index (Phi) is 5.85. The van der Waals surface area contributed by atoms with Crippen LogP contribution in [0.1, 0.15) is 12.8 Å². The van der Waals surface area contributed by atoms with E-state index in [1.165, 1.54) is 5.92 Å². The number of hydrogen-bond donors (Lipinski definition) is 1. The second-order valence-electron chi connectivity index (χ2n) is 3.66. The number of aliphatic carboxylic acids is 1. The zero-order chi connectivity index (χ0) is 11.4. The van der Waals surface area contributed by atoms with Crippen LogP contribution in [0.15, 0.2) is 0 Å². The van der Waals surface area contributed by atoms with E-state index < -0.39 is 31.9 Å². The first-order valence-electron chi connectivity index (χ1n) is 4.32. The Morgan fingerprint density at radius 2 is 1.79 bits per heavy atom. The molecule has 83 valence electrons. The second-order valence-corrected chi connectivity index (χ2v) is 11.7. The van der Waals surface area contributed by atoms with E-state index in [9.17, 15) is 13.2 Å². The van der Waals surface area contributed by atoms with Gasteiger partial charge in [-0.3, -0.25) is 0 Å². The zero-order valence-electron chi connectivity index (χ0n) is 8.19. The standard InChI is InChI=1S/C4H7.C2HF3O2.2CH3.Sn/c1-4-2-3-4;3-2(4,5)1(6)7;;;/h4H,1-3H2;(H,6,7);2*1H3;. The van der Waals surface area contributed by atoms with Crippen molar-refractivity contribution in [1.29, 1.82) is 0 Å². The molecule has 1 fully saturated rings. The van der Waals surface area contributed by atoms with Gasteiger partial charge in [-0.1, -0.05) is 0 Å². The number of alkyl halides is 3. The van der Waals surface area contributed by atoms with Crippen LogP contribution in [0, 0.1) is 5.92 Å². The Labute approximate surface area is 88.2 Å². The van der Waals surface area contributed by atoms with Crippen LogP contribution in [0.25, 0.3) is 0 Å². The summed E-state index contributed by atoms with van der Waals surface area (Å²) in [5, 5.41) is 7.12. The molecule has 0 bridgehead atoms. The SMILES string of the molecule is O=C(O)C(F)(F)F.[CH3][Sn]([CH3])[CH2]C1CC1. The van der Waals surface area contributed by atoms with E-state index >= 15 is 0 Å². The molecule has 0 unspecified atom stereocenters. The molecule has 1 N–H and O–H groups in total. The first-order chi connectivity index (χ1) is 6.23. The molecule has 6 heteroatoms. The van der Waals surface area contributed by atoms with Crippen LogP contribution in [0.2, 0.25) is 14.3 Å². The summed E-state index contributed by atoms with van der Waals surface area (Å²) in [6.07, 6.45) is -1.96. The van der Waals surface area contributed by atoms with Crippen LogP contribution in [0.3, 0.4) is 0 Å². The Hall–Kier alpha value is 0.0587. The molecule has 0 aromatic carbocycles. The third kappa shape index (κ3) is 8.65. The van der Waals surface area contributed by atoms with E-state index in [1.54, 1.807) is 17.3 Å². The van der Waals surface area contributed by atoms with E-state index in [0.717, 1.165) is 0 Å². The first kappa shape index (κ1) is 14.1. The fourth-order valence-electron chi connectivity index (χ4n) is 0.899. The molecule has 0 spiro atoms. The van der Waals surface area contributed by atoms with Crippen LogP contribution in [0.4, 0.5) is 13.2 Å². The predicted octanol–water partition coefficient (Wildman–Crippen LogP) is 2.78. The van der Waals surface area contributed by atoms with Crippen molar-refractivity contribution < 1.29 is 23.1 Å². The molecular weight excluding hydrogens is 304 g/mol. The van der Waals surface area contributed by atoms with E-state index in [1.807, 2.05) is 0 Å². The van der Waals surface area contributed by atoms with Crippen molar-refractivity contribution in [2.45, 2.75) is 33.3 Å². The molecule has 1 aliphatic rings. The summed E-state index contributed by atoms with van der Waals surface area (Å²) >= 11 is -0.625. The van der Waals surface area contributed by atoms with Crippen molar-refractivity contribution >= 4 is 25.7 Å². The Morgan fingerprint density at radius 1 is 1.43 bits per heavy atom. The van der Waals surface area contributed by atoms with Gasteiger partial charge in [-0.05, 0) is 0 Å². The molecular formula is C8H14F3O2Sn. The van der Waals surface area contributed by atoms with Crippen molar-refractivity contribution in [3.05, 3.63) is 0 Å². The van der Waals surface area contributed by atoms with Crippen molar-refractivity contribution in [3.8, 4) is 0 Å². The van der Waals surface area contributed by atoms with Gasteiger partial charge < -0.3 is 5.11 Å².